The Morgan fingerprint density at radius 2 is 1.09 bits per heavy atom. The van der Waals surface area contributed by atoms with Crippen molar-refractivity contribution in [2.75, 3.05) is 4.90 Å². The van der Waals surface area contributed by atoms with Crippen LogP contribution in [0, 0.1) is 34.6 Å². The smallest absolute Gasteiger partial charge is 0.134 e. The van der Waals surface area contributed by atoms with E-state index in [1.54, 1.807) is 24.3 Å². The first kappa shape index (κ1) is 23.1. The van der Waals surface area contributed by atoms with Crippen molar-refractivity contribution in [2.45, 2.75) is 34.6 Å². The SMILES string of the molecule is Cc1ccc(O)cc1Oc1ccc(N(c2c(C)ccc(O)c2C)c2c(C)ccc(O)c2C)cc1. The summed E-state index contributed by atoms with van der Waals surface area (Å²) in [7, 11) is 0. The number of hydrogen-bond donors (Lipinski definition) is 3. The molecule has 3 N–H and O–H groups in total. The second-order valence-corrected chi connectivity index (χ2v) is 8.63. The molecule has 0 aromatic heterocycles. The van der Waals surface area contributed by atoms with Crippen molar-refractivity contribution >= 4 is 17.1 Å². The van der Waals surface area contributed by atoms with E-state index in [-0.39, 0.29) is 17.2 Å². The summed E-state index contributed by atoms with van der Waals surface area (Å²) in [5, 5.41) is 30.8. The van der Waals surface area contributed by atoms with Gasteiger partial charge in [-0.1, -0.05) is 18.2 Å². The Morgan fingerprint density at radius 3 is 1.62 bits per heavy atom. The maximum Gasteiger partial charge on any atom is 0.134 e. The molecule has 4 aromatic rings. The van der Waals surface area contributed by atoms with Gasteiger partial charge in [0.05, 0.1) is 11.4 Å². The number of aryl methyl sites for hydroxylation is 3. The summed E-state index contributed by atoms with van der Waals surface area (Å²) in [6.45, 7) is 9.71. The maximum absolute atomic E-state index is 10.5. The van der Waals surface area contributed by atoms with Crippen LogP contribution in [0.1, 0.15) is 27.8 Å². The molecule has 0 saturated carbocycles. The molecule has 0 saturated heterocycles. The number of phenols is 3. The van der Waals surface area contributed by atoms with Gasteiger partial charge in [-0.05, 0) is 93.8 Å². The Kier molecular flexibility index (Phi) is 6.12. The second-order valence-electron chi connectivity index (χ2n) is 8.63. The van der Waals surface area contributed by atoms with Gasteiger partial charge >= 0.3 is 0 Å². The van der Waals surface area contributed by atoms with E-state index in [4.69, 9.17) is 4.74 Å². The predicted octanol–water partition coefficient (Wildman–Crippen LogP) is 7.61. The third-order valence-electron chi connectivity index (χ3n) is 6.15. The number of rotatable bonds is 5. The van der Waals surface area contributed by atoms with E-state index in [1.807, 2.05) is 77.1 Å². The molecule has 0 heterocycles. The molecule has 34 heavy (non-hydrogen) atoms. The van der Waals surface area contributed by atoms with Gasteiger partial charge in [0.25, 0.3) is 0 Å². The van der Waals surface area contributed by atoms with Crippen molar-refractivity contribution in [3.63, 3.8) is 0 Å². The van der Waals surface area contributed by atoms with Crippen molar-refractivity contribution in [2.24, 2.45) is 0 Å². The van der Waals surface area contributed by atoms with Gasteiger partial charge in [-0.15, -0.1) is 0 Å². The zero-order valence-corrected chi connectivity index (χ0v) is 20.0. The lowest BCUT2D eigenvalue weighted by atomic mass is 10.0. The van der Waals surface area contributed by atoms with Crippen molar-refractivity contribution in [3.8, 4) is 28.7 Å². The van der Waals surface area contributed by atoms with E-state index >= 15 is 0 Å². The summed E-state index contributed by atoms with van der Waals surface area (Å²) in [6, 6.07) is 19.8. The molecule has 0 amide bonds. The summed E-state index contributed by atoms with van der Waals surface area (Å²) in [5.74, 6) is 1.78. The van der Waals surface area contributed by atoms with Crippen LogP contribution in [-0.4, -0.2) is 15.3 Å². The predicted molar refractivity (Wildman–Crippen MR) is 136 cm³/mol. The molecular formula is C29H29NO4. The van der Waals surface area contributed by atoms with E-state index < -0.39 is 0 Å². The minimum Gasteiger partial charge on any atom is -0.508 e. The normalized spacial score (nSPS) is 10.9. The summed E-state index contributed by atoms with van der Waals surface area (Å²) >= 11 is 0. The van der Waals surface area contributed by atoms with Crippen molar-refractivity contribution < 1.29 is 20.1 Å². The van der Waals surface area contributed by atoms with Crippen molar-refractivity contribution in [1.29, 1.82) is 0 Å². The highest BCUT2D eigenvalue weighted by Crippen LogP contribution is 2.45. The highest BCUT2D eigenvalue weighted by molar-refractivity contribution is 5.85. The van der Waals surface area contributed by atoms with Crippen molar-refractivity contribution in [1.82, 2.24) is 0 Å². The number of benzene rings is 4. The van der Waals surface area contributed by atoms with Crippen LogP contribution in [0.3, 0.4) is 0 Å². The number of ether oxygens (including phenoxy) is 1. The minimum atomic E-state index is 0.146. The largest absolute Gasteiger partial charge is 0.508 e. The molecular weight excluding hydrogens is 426 g/mol. The molecule has 5 nitrogen and oxygen atoms in total. The molecule has 0 atom stereocenters. The first-order chi connectivity index (χ1) is 16.2. The Balaban J connectivity index is 1.85. The number of anilines is 3. The van der Waals surface area contributed by atoms with E-state index in [0.717, 1.165) is 44.9 Å². The minimum absolute atomic E-state index is 0.146. The monoisotopic (exact) mass is 455 g/mol. The summed E-state index contributed by atoms with van der Waals surface area (Å²) in [4.78, 5) is 2.07. The quantitative estimate of drug-likeness (QED) is 0.289. The van der Waals surface area contributed by atoms with Crippen LogP contribution in [0.2, 0.25) is 0 Å². The number of aromatic hydroxyl groups is 3. The standard InChI is InChI=1S/C29H29NO4/c1-17-6-11-23(31)16-27(17)34-24-12-9-22(10-13-24)30(28-18(2)7-14-25(32)20(28)4)29-19(3)8-15-26(33)21(29)5/h6-16,31-33H,1-5H3. The average Bonchev–Trinajstić information content (AvgIpc) is 2.81. The summed E-state index contributed by atoms with van der Waals surface area (Å²) < 4.78 is 6.01. The average molecular weight is 456 g/mol. The molecule has 174 valence electrons. The molecule has 0 aliphatic rings. The van der Waals surface area contributed by atoms with Crippen LogP contribution in [0.5, 0.6) is 28.7 Å². The second kappa shape index (κ2) is 9.02. The number of hydrogen-bond acceptors (Lipinski definition) is 5. The molecule has 0 spiro atoms. The maximum atomic E-state index is 10.5. The lowest BCUT2D eigenvalue weighted by molar-refractivity contribution is 0.453. The Hall–Kier alpha value is -4.12. The van der Waals surface area contributed by atoms with E-state index in [2.05, 4.69) is 4.90 Å². The fourth-order valence-electron chi connectivity index (χ4n) is 4.20. The van der Waals surface area contributed by atoms with Crippen LogP contribution < -0.4 is 9.64 Å². The third kappa shape index (κ3) is 4.25. The number of nitrogens with zero attached hydrogens (tertiary/aromatic N) is 1. The Labute approximate surface area is 200 Å². The van der Waals surface area contributed by atoms with Crippen molar-refractivity contribution in [3.05, 3.63) is 94.5 Å². The third-order valence-corrected chi connectivity index (χ3v) is 6.15. The molecule has 0 aliphatic carbocycles. The molecule has 4 aromatic carbocycles. The van der Waals surface area contributed by atoms with Crippen LogP contribution in [0.4, 0.5) is 17.1 Å². The molecule has 0 fully saturated rings. The summed E-state index contributed by atoms with van der Waals surface area (Å²) in [6.07, 6.45) is 0. The van der Waals surface area contributed by atoms with Crippen LogP contribution in [0.25, 0.3) is 0 Å². The van der Waals surface area contributed by atoms with E-state index in [0.29, 0.717) is 11.5 Å². The lowest BCUT2D eigenvalue weighted by Crippen LogP contribution is -2.15. The first-order valence-corrected chi connectivity index (χ1v) is 11.1. The van der Waals surface area contributed by atoms with E-state index in [9.17, 15) is 15.3 Å². The van der Waals surface area contributed by atoms with Gasteiger partial charge in [-0.25, -0.2) is 0 Å². The van der Waals surface area contributed by atoms with Gasteiger partial charge in [0.1, 0.15) is 28.7 Å². The fraction of sp³-hybridized carbons (Fsp3) is 0.172. The molecule has 0 unspecified atom stereocenters. The molecule has 0 bridgehead atoms. The zero-order valence-electron chi connectivity index (χ0n) is 20.0. The summed E-state index contributed by atoms with van der Waals surface area (Å²) in [5.41, 5.74) is 6.97. The molecule has 0 aliphatic heterocycles. The van der Waals surface area contributed by atoms with Gasteiger partial charge < -0.3 is 25.0 Å². The van der Waals surface area contributed by atoms with Crippen LogP contribution in [0.15, 0.2) is 66.7 Å². The van der Waals surface area contributed by atoms with Gasteiger partial charge in [0.15, 0.2) is 0 Å². The fourth-order valence-corrected chi connectivity index (χ4v) is 4.20. The van der Waals surface area contributed by atoms with Gasteiger partial charge in [0, 0.05) is 22.9 Å². The van der Waals surface area contributed by atoms with E-state index in [1.165, 1.54) is 0 Å². The Morgan fingerprint density at radius 1 is 0.588 bits per heavy atom. The number of phenolic OH excluding ortho intramolecular Hbond substituents is 3. The van der Waals surface area contributed by atoms with Crippen LogP contribution in [-0.2, 0) is 0 Å². The molecule has 5 heteroatoms. The topological polar surface area (TPSA) is 73.2 Å². The zero-order chi connectivity index (χ0) is 24.6. The van der Waals surface area contributed by atoms with Crippen LogP contribution >= 0.6 is 0 Å². The highest BCUT2D eigenvalue weighted by Gasteiger charge is 2.23. The first-order valence-electron chi connectivity index (χ1n) is 11.1. The molecule has 0 radical (unpaired) electrons. The highest BCUT2D eigenvalue weighted by atomic mass is 16.5. The van der Waals surface area contributed by atoms with Gasteiger partial charge in [-0.3, -0.25) is 0 Å². The van der Waals surface area contributed by atoms with Gasteiger partial charge in [-0.2, -0.15) is 0 Å². The lowest BCUT2D eigenvalue weighted by Gasteiger charge is -2.31. The molecule has 4 rings (SSSR count). The Bertz CT molecular complexity index is 1300. The van der Waals surface area contributed by atoms with Gasteiger partial charge in [0.2, 0.25) is 0 Å².